The van der Waals surface area contributed by atoms with Gasteiger partial charge in [-0.2, -0.15) is 0 Å². The Morgan fingerprint density at radius 2 is 1.81 bits per heavy atom. The number of hydrogen-bond acceptors (Lipinski definition) is 4. The van der Waals surface area contributed by atoms with Gasteiger partial charge in [-0.15, -0.1) is 0 Å². The maximum atomic E-state index is 9.72. The van der Waals surface area contributed by atoms with Crippen molar-refractivity contribution in [2.45, 2.75) is 6.42 Å². The predicted molar refractivity (Wildman–Crippen MR) is 63.9 cm³/mol. The van der Waals surface area contributed by atoms with Gasteiger partial charge in [0.25, 0.3) is 0 Å². The van der Waals surface area contributed by atoms with Crippen LogP contribution in [0.4, 0.5) is 0 Å². The lowest BCUT2D eigenvalue weighted by Crippen LogP contribution is -2.00. The summed E-state index contributed by atoms with van der Waals surface area (Å²) in [5, 5.41) is 9.72. The summed E-state index contributed by atoms with van der Waals surface area (Å²) in [5.74, 6) is 0.731. The van der Waals surface area contributed by atoms with Crippen molar-refractivity contribution in [3.8, 4) is 17.2 Å². The average Bonchev–Trinajstić information content (AvgIpc) is 2.29. The molecule has 0 bridgehead atoms. The SMILES string of the molecule is C=C(CCN)c1cc(OC)c(O)c(OC)c1. The summed E-state index contributed by atoms with van der Waals surface area (Å²) in [5.41, 5.74) is 7.21. The summed E-state index contributed by atoms with van der Waals surface area (Å²) < 4.78 is 10.1. The highest BCUT2D eigenvalue weighted by Gasteiger charge is 2.12. The lowest BCUT2D eigenvalue weighted by molar-refractivity contribution is 0.339. The molecule has 16 heavy (non-hydrogen) atoms. The van der Waals surface area contributed by atoms with Crippen molar-refractivity contribution in [1.82, 2.24) is 0 Å². The van der Waals surface area contributed by atoms with E-state index in [2.05, 4.69) is 6.58 Å². The molecule has 4 heteroatoms. The third-order valence-electron chi connectivity index (χ3n) is 2.33. The number of hydrogen-bond donors (Lipinski definition) is 2. The van der Waals surface area contributed by atoms with Gasteiger partial charge in [-0.3, -0.25) is 0 Å². The molecule has 0 spiro atoms. The van der Waals surface area contributed by atoms with Gasteiger partial charge >= 0.3 is 0 Å². The van der Waals surface area contributed by atoms with E-state index in [-0.39, 0.29) is 5.75 Å². The summed E-state index contributed by atoms with van der Waals surface area (Å²) >= 11 is 0. The molecule has 0 saturated heterocycles. The van der Waals surface area contributed by atoms with Crippen LogP contribution < -0.4 is 15.2 Å². The first-order chi connectivity index (χ1) is 7.63. The quantitative estimate of drug-likeness (QED) is 0.798. The number of benzene rings is 1. The van der Waals surface area contributed by atoms with Gasteiger partial charge in [0.15, 0.2) is 11.5 Å². The van der Waals surface area contributed by atoms with Gasteiger partial charge in [-0.25, -0.2) is 0 Å². The van der Waals surface area contributed by atoms with E-state index in [1.165, 1.54) is 14.2 Å². The van der Waals surface area contributed by atoms with Crippen LogP contribution >= 0.6 is 0 Å². The largest absolute Gasteiger partial charge is 0.502 e. The van der Waals surface area contributed by atoms with Crippen LogP contribution in [0.1, 0.15) is 12.0 Å². The predicted octanol–water partition coefficient (Wildman–Crippen LogP) is 1.77. The van der Waals surface area contributed by atoms with Gasteiger partial charge in [-0.05, 0) is 36.2 Å². The Kier molecular flexibility index (Phi) is 4.19. The lowest BCUT2D eigenvalue weighted by atomic mass is 10.0. The van der Waals surface area contributed by atoms with Gasteiger partial charge in [0, 0.05) is 0 Å². The zero-order valence-electron chi connectivity index (χ0n) is 9.62. The number of methoxy groups -OCH3 is 2. The van der Waals surface area contributed by atoms with E-state index >= 15 is 0 Å². The summed E-state index contributed by atoms with van der Waals surface area (Å²) in [6.45, 7) is 4.45. The molecule has 0 unspecified atom stereocenters. The first-order valence-corrected chi connectivity index (χ1v) is 4.97. The molecule has 0 aromatic heterocycles. The Bertz CT molecular complexity index is 363. The molecule has 1 aromatic rings. The number of aromatic hydroxyl groups is 1. The third kappa shape index (κ3) is 2.46. The lowest BCUT2D eigenvalue weighted by Gasteiger charge is -2.12. The Labute approximate surface area is 95.3 Å². The number of ether oxygens (including phenoxy) is 2. The fraction of sp³-hybridized carbons (Fsp3) is 0.333. The van der Waals surface area contributed by atoms with Crippen molar-refractivity contribution in [3.63, 3.8) is 0 Å². The van der Waals surface area contributed by atoms with Gasteiger partial charge in [0.05, 0.1) is 14.2 Å². The van der Waals surface area contributed by atoms with Crippen LogP contribution in [0.2, 0.25) is 0 Å². The molecule has 0 amide bonds. The van der Waals surface area contributed by atoms with Crippen LogP contribution in [-0.4, -0.2) is 25.9 Å². The maximum Gasteiger partial charge on any atom is 0.200 e. The summed E-state index contributed by atoms with van der Waals surface area (Å²) in [7, 11) is 2.98. The third-order valence-corrected chi connectivity index (χ3v) is 2.33. The first-order valence-electron chi connectivity index (χ1n) is 4.97. The standard InChI is InChI=1S/C12H17NO3/c1-8(4-5-13)9-6-10(15-2)12(14)11(7-9)16-3/h6-7,14H,1,4-5,13H2,2-3H3. The minimum atomic E-state index is -0.00528. The van der Waals surface area contributed by atoms with E-state index in [0.29, 0.717) is 24.5 Å². The second-order valence-corrected chi connectivity index (χ2v) is 3.37. The van der Waals surface area contributed by atoms with Crippen LogP contribution in [0.25, 0.3) is 5.57 Å². The first kappa shape index (κ1) is 12.4. The molecule has 0 radical (unpaired) electrons. The zero-order chi connectivity index (χ0) is 12.1. The minimum Gasteiger partial charge on any atom is -0.502 e. The zero-order valence-corrected chi connectivity index (χ0v) is 9.62. The Hall–Kier alpha value is -1.68. The van der Waals surface area contributed by atoms with Crippen molar-refractivity contribution >= 4 is 5.57 Å². The van der Waals surface area contributed by atoms with E-state index in [1.807, 2.05) is 0 Å². The van der Waals surface area contributed by atoms with Crippen LogP contribution in [0.15, 0.2) is 18.7 Å². The molecule has 0 saturated carbocycles. The van der Waals surface area contributed by atoms with Crippen molar-refractivity contribution in [2.24, 2.45) is 5.73 Å². The monoisotopic (exact) mass is 223 g/mol. The Morgan fingerprint density at radius 1 is 1.31 bits per heavy atom. The molecule has 0 atom stereocenters. The van der Waals surface area contributed by atoms with Crippen LogP contribution in [-0.2, 0) is 0 Å². The van der Waals surface area contributed by atoms with Crippen LogP contribution in [0.3, 0.4) is 0 Å². The Balaban J connectivity index is 3.16. The highest BCUT2D eigenvalue weighted by Crippen LogP contribution is 2.38. The van der Waals surface area contributed by atoms with Gasteiger partial charge in [-0.1, -0.05) is 6.58 Å². The number of phenolic OH excluding ortho intramolecular Hbond substituents is 1. The molecule has 0 aliphatic heterocycles. The molecule has 88 valence electrons. The topological polar surface area (TPSA) is 64.7 Å². The molecule has 1 rings (SSSR count). The van der Waals surface area contributed by atoms with Gasteiger partial charge in [0.2, 0.25) is 5.75 Å². The van der Waals surface area contributed by atoms with Gasteiger partial charge < -0.3 is 20.3 Å². The van der Waals surface area contributed by atoms with E-state index in [4.69, 9.17) is 15.2 Å². The molecule has 0 fully saturated rings. The molecular weight excluding hydrogens is 206 g/mol. The molecule has 1 aromatic carbocycles. The maximum absolute atomic E-state index is 9.72. The summed E-state index contributed by atoms with van der Waals surface area (Å²) in [6, 6.07) is 3.44. The molecule has 0 aliphatic carbocycles. The summed E-state index contributed by atoms with van der Waals surface area (Å²) in [6.07, 6.45) is 0.692. The number of phenols is 1. The van der Waals surface area contributed by atoms with E-state index in [9.17, 15) is 5.11 Å². The molecule has 0 heterocycles. The van der Waals surface area contributed by atoms with Crippen molar-refractivity contribution < 1.29 is 14.6 Å². The van der Waals surface area contributed by atoms with Crippen molar-refractivity contribution in [1.29, 1.82) is 0 Å². The second kappa shape index (κ2) is 5.42. The fourth-order valence-corrected chi connectivity index (χ4v) is 1.42. The molecule has 3 N–H and O–H groups in total. The van der Waals surface area contributed by atoms with Crippen molar-refractivity contribution in [2.75, 3.05) is 20.8 Å². The smallest absolute Gasteiger partial charge is 0.200 e. The normalized spacial score (nSPS) is 9.94. The minimum absolute atomic E-state index is 0.00528. The van der Waals surface area contributed by atoms with Crippen LogP contribution in [0.5, 0.6) is 17.2 Å². The highest BCUT2D eigenvalue weighted by molar-refractivity contribution is 5.69. The Morgan fingerprint density at radius 3 is 2.19 bits per heavy atom. The molecule has 0 aliphatic rings. The number of nitrogens with two attached hydrogens (primary N) is 1. The van der Waals surface area contributed by atoms with E-state index < -0.39 is 0 Å². The van der Waals surface area contributed by atoms with Crippen LogP contribution in [0, 0.1) is 0 Å². The highest BCUT2D eigenvalue weighted by atomic mass is 16.5. The second-order valence-electron chi connectivity index (χ2n) is 3.37. The van der Waals surface area contributed by atoms with E-state index in [1.54, 1.807) is 12.1 Å². The molecule has 4 nitrogen and oxygen atoms in total. The number of rotatable bonds is 5. The fourth-order valence-electron chi connectivity index (χ4n) is 1.42. The molecular formula is C12H17NO3. The summed E-state index contributed by atoms with van der Waals surface area (Å²) in [4.78, 5) is 0. The average molecular weight is 223 g/mol. The van der Waals surface area contributed by atoms with E-state index in [0.717, 1.165) is 11.1 Å². The van der Waals surface area contributed by atoms with Gasteiger partial charge in [0.1, 0.15) is 0 Å². The van der Waals surface area contributed by atoms with Crippen molar-refractivity contribution in [3.05, 3.63) is 24.3 Å².